The first-order valence-corrected chi connectivity index (χ1v) is 5.53. The fraction of sp³-hybridized carbons (Fsp3) is 0.308. The summed E-state index contributed by atoms with van der Waals surface area (Å²) in [7, 11) is 0. The van der Waals surface area contributed by atoms with Crippen molar-refractivity contribution in [2.24, 2.45) is 0 Å². The lowest BCUT2D eigenvalue weighted by Crippen LogP contribution is -2.00. The van der Waals surface area contributed by atoms with Crippen LogP contribution in [0.1, 0.15) is 35.6 Å². The number of carbonyl (C=O) groups excluding carboxylic acids is 1. The number of benzene rings is 1. The van der Waals surface area contributed by atoms with Gasteiger partial charge in [0.2, 0.25) is 0 Å². The van der Waals surface area contributed by atoms with Crippen molar-refractivity contribution in [1.82, 2.24) is 9.97 Å². The van der Waals surface area contributed by atoms with Gasteiger partial charge in [-0.15, -0.1) is 0 Å². The smallest absolute Gasteiger partial charge is 0.150 e. The minimum Gasteiger partial charge on any atom is -0.298 e. The molecule has 16 heavy (non-hydrogen) atoms. The molecule has 0 fully saturated rings. The average Bonchev–Trinajstić information content (AvgIpc) is 2.36. The molecule has 0 aliphatic heterocycles. The molecule has 0 aliphatic rings. The van der Waals surface area contributed by atoms with Gasteiger partial charge in [-0.3, -0.25) is 4.79 Å². The van der Waals surface area contributed by atoms with E-state index in [1.54, 1.807) is 12.1 Å². The lowest BCUT2D eigenvalue weighted by atomic mass is 10.1. The number of aromatic nitrogens is 2. The molecular weight excluding hydrogens is 200 g/mol. The van der Waals surface area contributed by atoms with E-state index in [1.165, 1.54) is 0 Å². The molecule has 3 heteroatoms. The third kappa shape index (κ3) is 1.81. The van der Waals surface area contributed by atoms with E-state index in [9.17, 15) is 4.79 Å². The summed E-state index contributed by atoms with van der Waals surface area (Å²) in [6.45, 7) is 4.15. The van der Waals surface area contributed by atoms with Crippen molar-refractivity contribution in [3.05, 3.63) is 35.2 Å². The molecule has 2 rings (SSSR count). The van der Waals surface area contributed by atoms with Gasteiger partial charge in [0, 0.05) is 5.56 Å². The van der Waals surface area contributed by atoms with E-state index in [1.807, 2.05) is 6.07 Å². The maximum atomic E-state index is 10.7. The molecule has 3 nitrogen and oxygen atoms in total. The molecule has 0 saturated heterocycles. The molecule has 0 saturated carbocycles. The van der Waals surface area contributed by atoms with Crippen LogP contribution in [0.5, 0.6) is 0 Å². The standard InChI is InChI=1S/C13H14N2O/c1-3-10-11(4-2)15-13-7-9(8-16)5-6-12(13)14-10/h5-8H,3-4H2,1-2H3. The topological polar surface area (TPSA) is 42.9 Å². The zero-order valence-electron chi connectivity index (χ0n) is 9.53. The van der Waals surface area contributed by atoms with Gasteiger partial charge >= 0.3 is 0 Å². The van der Waals surface area contributed by atoms with E-state index in [0.29, 0.717) is 5.56 Å². The molecule has 0 unspecified atom stereocenters. The predicted molar refractivity (Wildman–Crippen MR) is 63.7 cm³/mol. The maximum Gasteiger partial charge on any atom is 0.150 e. The number of nitrogens with zero attached hydrogens (tertiary/aromatic N) is 2. The lowest BCUT2D eigenvalue weighted by Gasteiger charge is -2.06. The summed E-state index contributed by atoms with van der Waals surface area (Å²) in [6.07, 6.45) is 2.60. The largest absolute Gasteiger partial charge is 0.298 e. The Labute approximate surface area is 94.5 Å². The highest BCUT2D eigenvalue weighted by molar-refractivity contribution is 5.84. The summed E-state index contributed by atoms with van der Waals surface area (Å²) in [5.41, 5.74) is 4.39. The number of rotatable bonds is 3. The van der Waals surface area contributed by atoms with Gasteiger partial charge in [0.1, 0.15) is 6.29 Å². The van der Waals surface area contributed by atoms with E-state index in [2.05, 4.69) is 23.8 Å². The van der Waals surface area contributed by atoms with Crippen molar-refractivity contribution in [2.45, 2.75) is 26.7 Å². The van der Waals surface area contributed by atoms with Gasteiger partial charge < -0.3 is 0 Å². The predicted octanol–water partition coefficient (Wildman–Crippen LogP) is 2.57. The van der Waals surface area contributed by atoms with Crippen molar-refractivity contribution in [1.29, 1.82) is 0 Å². The third-order valence-corrected chi connectivity index (χ3v) is 2.65. The van der Waals surface area contributed by atoms with E-state index < -0.39 is 0 Å². The van der Waals surface area contributed by atoms with Crippen LogP contribution in [0, 0.1) is 0 Å². The number of hydrogen-bond acceptors (Lipinski definition) is 3. The minimum absolute atomic E-state index is 0.646. The summed E-state index contributed by atoms with van der Waals surface area (Å²) >= 11 is 0. The summed E-state index contributed by atoms with van der Waals surface area (Å²) < 4.78 is 0. The van der Waals surface area contributed by atoms with Crippen LogP contribution < -0.4 is 0 Å². The van der Waals surface area contributed by atoms with Crippen LogP contribution in [-0.4, -0.2) is 16.3 Å². The highest BCUT2D eigenvalue weighted by Crippen LogP contribution is 2.15. The average molecular weight is 214 g/mol. The highest BCUT2D eigenvalue weighted by atomic mass is 16.1. The molecule has 82 valence electrons. The van der Waals surface area contributed by atoms with Gasteiger partial charge in [0.15, 0.2) is 0 Å². The van der Waals surface area contributed by atoms with Crippen LogP contribution in [0.15, 0.2) is 18.2 Å². The lowest BCUT2D eigenvalue weighted by molar-refractivity contribution is 0.112. The molecule has 0 N–H and O–H groups in total. The Balaban J connectivity index is 2.68. The zero-order chi connectivity index (χ0) is 11.5. The Hall–Kier alpha value is -1.77. The third-order valence-electron chi connectivity index (χ3n) is 2.65. The number of hydrogen-bond donors (Lipinski definition) is 0. The SMILES string of the molecule is CCc1nc2ccc(C=O)cc2nc1CC. The molecule has 0 aliphatic carbocycles. The number of fused-ring (bicyclic) bond motifs is 1. The summed E-state index contributed by atoms with van der Waals surface area (Å²) in [5, 5.41) is 0. The number of aldehydes is 1. The fourth-order valence-corrected chi connectivity index (χ4v) is 1.78. The quantitative estimate of drug-likeness (QED) is 0.737. The fourth-order valence-electron chi connectivity index (χ4n) is 1.78. The zero-order valence-corrected chi connectivity index (χ0v) is 9.53. The van der Waals surface area contributed by atoms with Crippen LogP contribution in [0.25, 0.3) is 11.0 Å². The van der Waals surface area contributed by atoms with Gasteiger partial charge in [-0.25, -0.2) is 9.97 Å². The van der Waals surface area contributed by atoms with Crippen molar-refractivity contribution >= 4 is 17.3 Å². The second-order valence-corrected chi connectivity index (χ2v) is 3.69. The maximum absolute atomic E-state index is 10.7. The van der Waals surface area contributed by atoms with Gasteiger partial charge in [0.25, 0.3) is 0 Å². The van der Waals surface area contributed by atoms with Crippen molar-refractivity contribution in [3.8, 4) is 0 Å². The van der Waals surface area contributed by atoms with E-state index >= 15 is 0 Å². The van der Waals surface area contributed by atoms with Gasteiger partial charge in [-0.05, 0) is 31.0 Å². The Kier molecular flexibility index (Phi) is 2.95. The minimum atomic E-state index is 0.646. The van der Waals surface area contributed by atoms with E-state index in [0.717, 1.165) is 41.5 Å². The molecule has 0 amide bonds. The van der Waals surface area contributed by atoms with Gasteiger partial charge in [0.05, 0.1) is 22.4 Å². The number of carbonyl (C=O) groups is 1. The van der Waals surface area contributed by atoms with Crippen molar-refractivity contribution < 1.29 is 4.79 Å². The van der Waals surface area contributed by atoms with Crippen LogP contribution in [0.3, 0.4) is 0 Å². The van der Waals surface area contributed by atoms with Crippen LogP contribution in [-0.2, 0) is 12.8 Å². The van der Waals surface area contributed by atoms with Gasteiger partial charge in [-0.2, -0.15) is 0 Å². The first kappa shape index (κ1) is 10.7. The Morgan fingerprint density at radius 1 is 1.06 bits per heavy atom. The van der Waals surface area contributed by atoms with Crippen molar-refractivity contribution in [2.75, 3.05) is 0 Å². The molecule has 1 aromatic heterocycles. The second kappa shape index (κ2) is 4.39. The Morgan fingerprint density at radius 2 is 1.69 bits per heavy atom. The van der Waals surface area contributed by atoms with Crippen LogP contribution >= 0.6 is 0 Å². The normalized spacial score (nSPS) is 10.6. The number of aryl methyl sites for hydroxylation is 2. The first-order valence-electron chi connectivity index (χ1n) is 5.53. The second-order valence-electron chi connectivity index (χ2n) is 3.69. The molecule has 2 aromatic rings. The Morgan fingerprint density at radius 3 is 2.25 bits per heavy atom. The van der Waals surface area contributed by atoms with E-state index in [-0.39, 0.29) is 0 Å². The molecule has 1 heterocycles. The van der Waals surface area contributed by atoms with E-state index in [4.69, 9.17) is 0 Å². The van der Waals surface area contributed by atoms with Crippen LogP contribution in [0.2, 0.25) is 0 Å². The molecule has 0 bridgehead atoms. The molecule has 0 radical (unpaired) electrons. The summed E-state index contributed by atoms with van der Waals surface area (Å²) in [5.74, 6) is 0. The molecular formula is C13H14N2O. The summed E-state index contributed by atoms with van der Waals surface area (Å²) in [4.78, 5) is 19.8. The Bertz CT molecular complexity index is 535. The van der Waals surface area contributed by atoms with Gasteiger partial charge in [-0.1, -0.05) is 13.8 Å². The molecule has 1 aromatic carbocycles. The summed E-state index contributed by atoms with van der Waals surface area (Å²) in [6, 6.07) is 5.41. The molecule has 0 atom stereocenters. The molecule has 0 spiro atoms. The first-order chi connectivity index (χ1) is 7.78. The van der Waals surface area contributed by atoms with Crippen LogP contribution in [0.4, 0.5) is 0 Å². The highest BCUT2D eigenvalue weighted by Gasteiger charge is 2.06. The van der Waals surface area contributed by atoms with Crippen molar-refractivity contribution in [3.63, 3.8) is 0 Å². The monoisotopic (exact) mass is 214 g/mol.